The number of nitrogens with zero attached hydrogens (tertiary/aromatic N) is 6. The zero-order valence-corrected chi connectivity index (χ0v) is 22.7. The molecule has 1 aromatic carbocycles. The molecule has 1 saturated heterocycles. The first-order chi connectivity index (χ1) is 18.8. The van der Waals surface area contributed by atoms with Crippen LogP contribution in [-0.4, -0.2) is 47.9 Å². The minimum Gasteiger partial charge on any atom is -0.376 e. The fourth-order valence-corrected chi connectivity index (χ4v) is 6.23. The Bertz CT molecular complexity index is 1520. The van der Waals surface area contributed by atoms with Crippen LogP contribution in [0.1, 0.15) is 55.3 Å². The average molecular weight is 529 g/mol. The van der Waals surface area contributed by atoms with Crippen LogP contribution in [0.2, 0.25) is 0 Å². The van der Waals surface area contributed by atoms with Crippen LogP contribution in [0, 0.1) is 35.4 Å². The summed E-state index contributed by atoms with van der Waals surface area (Å²) in [5, 5.41) is 19.4. The second kappa shape index (κ2) is 11.0. The van der Waals surface area contributed by atoms with E-state index in [4.69, 9.17) is 4.74 Å². The number of hydrogen-bond donors (Lipinski definition) is 0. The summed E-state index contributed by atoms with van der Waals surface area (Å²) in [6.45, 7) is 3.51. The smallest absolute Gasteiger partial charge is 0.270 e. The van der Waals surface area contributed by atoms with Crippen molar-refractivity contribution in [1.29, 1.82) is 10.5 Å². The van der Waals surface area contributed by atoms with Gasteiger partial charge in [-0.25, -0.2) is 9.37 Å². The van der Waals surface area contributed by atoms with Gasteiger partial charge in [-0.15, -0.1) is 0 Å². The molecule has 202 valence electrons. The summed E-state index contributed by atoms with van der Waals surface area (Å²) in [6, 6.07) is 12.8. The Balaban J connectivity index is 1.43. The van der Waals surface area contributed by atoms with E-state index in [1.807, 2.05) is 24.9 Å². The molecule has 39 heavy (non-hydrogen) atoms. The number of fused-ring (bicyclic) bond motifs is 1. The van der Waals surface area contributed by atoms with E-state index in [-0.39, 0.29) is 40.8 Å². The van der Waals surface area contributed by atoms with Crippen molar-refractivity contribution in [2.45, 2.75) is 63.6 Å². The lowest BCUT2D eigenvalue weighted by Crippen LogP contribution is -2.46. The van der Waals surface area contributed by atoms with Gasteiger partial charge in [-0.05, 0) is 81.3 Å². The number of aromatic nitrogens is 2. The number of hydrogen-bond acceptors (Lipinski definition) is 7. The third-order valence-corrected chi connectivity index (χ3v) is 8.34. The van der Waals surface area contributed by atoms with Crippen LogP contribution in [0.5, 0.6) is 0 Å². The summed E-state index contributed by atoms with van der Waals surface area (Å²) in [4.78, 5) is 22.0. The molecule has 2 fully saturated rings. The highest BCUT2D eigenvalue weighted by Gasteiger charge is 2.33. The summed E-state index contributed by atoms with van der Waals surface area (Å²) in [5.41, 5.74) is 3.42. The van der Waals surface area contributed by atoms with E-state index in [0.29, 0.717) is 16.7 Å². The second-order valence-electron chi connectivity index (χ2n) is 10.7. The van der Waals surface area contributed by atoms with E-state index in [2.05, 4.69) is 22.0 Å². The lowest BCUT2D eigenvalue weighted by molar-refractivity contribution is 0.112. The molecule has 5 rings (SSSR count). The average Bonchev–Trinajstić information content (AvgIpc) is 3.46. The first kappa shape index (κ1) is 26.6. The number of rotatable bonds is 6. The topological polar surface area (TPSA) is 98.2 Å². The molecule has 9 heteroatoms. The van der Waals surface area contributed by atoms with Gasteiger partial charge in [-0.3, -0.25) is 4.79 Å². The van der Waals surface area contributed by atoms with Gasteiger partial charge >= 0.3 is 0 Å². The Morgan fingerprint density at radius 1 is 1.10 bits per heavy atom. The van der Waals surface area contributed by atoms with Gasteiger partial charge in [0.25, 0.3) is 5.56 Å². The Morgan fingerprint density at radius 2 is 1.85 bits per heavy atom. The predicted molar refractivity (Wildman–Crippen MR) is 148 cm³/mol. The first-order valence-corrected chi connectivity index (χ1v) is 13.5. The van der Waals surface area contributed by atoms with Crippen molar-refractivity contribution < 1.29 is 9.13 Å². The maximum absolute atomic E-state index is 13.9. The summed E-state index contributed by atoms with van der Waals surface area (Å²) in [7, 11) is 3.53. The van der Waals surface area contributed by atoms with Crippen LogP contribution in [0.15, 0.2) is 35.1 Å². The largest absolute Gasteiger partial charge is 0.376 e. The molecule has 1 saturated carbocycles. The fraction of sp³-hybridized carbons (Fsp3) is 0.467. The van der Waals surface area contributed by atoms with Crippen LogP contribution in [0.4, 0.5) is 15.8 Å². The van der Waals surface area contributed by atoms with Crippen molar-refractivity contribution in [2.24, 2.45) is 7.05 Å². The van der Waals surface area contributed by atoms with E-state index < -0.39 is 0 Å². The van der Waals surface area contributed by atoms with Gasteiger partial charge < -0.3 is 19.1 Å². The van der Waals surface area contributed by atoms with E-state index in [9.17, 15) is 19.7 Å². The predicted octanol–water partition coefficient (Wildman–Crippen LogP) is 4.56. The summed E-state index contributed by atoms with van der Waals surface area (Å²) >= 11 is 0. The molecule has 8 nitrogen and oxygen atoms in total. The van der Waals surface area contributed by atoms with Crippen molar-refractivity contribution in [1.82, 2.24) is 9.55 Å². The van der Waals surface area contributed by atoms with Gasteiger partial charge in [0.05, 0.1) is 17.3 Å². The third kappa shape index (κ3) is 5.07. The van der Waals surface area contributed by atoms with E-state index in [1.54, 1.807) is 25.2 Å². The molecule has 3 aromatic rings. The van der Waals surface area contributed by atoms with Crippen LogP contribution in [0.3, 0.4) is 0 Å². The summed E-state index contributed by atoms with van der Waals surface area (Å²) in [5.74, 6) is -0.235. The quantitative estimate of drug-likeness (QED) is 0.463. The molecular formula is C30H33FN6O2. The molecule has 0 radical (unpaired) electrons. The van der Waals surface area contributed by atoms with Gasteiger partial charge in [-0.1, -0.05) is 0 Å². The molecule has 3 heterocycles. The normalized spacial score (nSPS) is 20.9. The lowest BCUT2D eigenvalue weighted by atomic mass is 9.88. The summed E-state index contributed by atoms with van der Waals surface area (Å²) in [6.07, 6.45) is 5.76. The molecule has 0 spiro atoms. The highest BCUT2D eigenvalue weighted by molar-refractivity contribution is 5.92. The Morgan fingerprint density at radius 3 is 2.49 bits per heavy atom. The van der Waals surface area contributed by atoms with E-state index in [1.165, 1.54) is 10.6 Å². The Kier molecular flexibility index (Phi) is 7.54. The van der Waals surface area contributed by atoms with E-state index >= 15 is 0 Å². The number of halogens is 1. The number of ether oxygens (including phenoxy) is 1. The van der Waals surface area contributed by atoms with Crippen LogP contribution in [0.25, 0.3) is 11.0 Å². The number of anilines is 2. The Labute approximate surface area is 227 Å². The third-order valence-electron chi connectivity index (χ3n) is 8.34. The zero-order valence-electron chi connectivity index (χ0n) is 22.7. The highest BCUT2D eigenvalue weighted by atomic mass is 19.1. The Hall–Kier alpha value is -3.95. The van der Waals surface area contributed by atoms with Crippen molar-refractivity contribution in [3.8, 4) is 12.1 Å². The van der Waals surface area contributed by atoms with Crippen molar-refractivity contribution in [3.63, 3.8) is 0 Å². The maximum Gasteiger partial charge on any atom is 0.270 e. The molecule has 1 atom stereocenters. The van der Waals surface area contributed by atoms with Crippen molar-refractivity contribution >= 4 is 22.4 Å². The molecule has 0 bridgehead atoms. The van der Waals surface area contributed by atoms with Crippen LogP contribution in [-0.2, 0) is 11.8 Å². The minimum absolute atomic E-state index is 0.0409. The zero-order chi connectivity index (χ0) is 27.7. The number of nitriles is 2. The fourth-order valence-electron chi connectivity index (χ4n) is 6.23. The number of pyridine rings is 2. The number of benzene rings is 1. The molecule has 0 unspecified atom stereocenters. The molecule has 0 N–H and O–H groups in total. The van der Waals surface area contributed by atoms with Gasteiger partial charge in [-0.2, -0.15) is 10.5 Å². The SMILES string of the molecule is Cc1cc(F)ccc1N(C[C@@H]1CCCO1)C1CCC(N(C)c2c(C#N)c(=O)n(C)c3ccc(C#N)nc23)CC1. The number of aryl methyl sites for hydroxylation is 2. The maximum atomic E-state index is 13.9. The standard InChI is InChI=1S/C30H33FN6O2/c1-19-15-20(31)6-12-26(19)37(18-24-5-4-14-39-24)23-10-8-22(9-11-23)35(2)29-25(17-33)30(38)36(3)27-13-7-21(16-32)34-28(27)29/h6-7,12-13,15,22-24H,4-5,8-11,14,18H2,1-3H3/t22?,23?,24-/m0/s1. The van der Waals surface area contributed by atoms with E-state index in [0.717, 1.165) is 62.9 Å². The van der Waals surface area contributed by atoms with Gasteiger partial charge in [0, 0.05) is 45.0 Å². The highest BCUT2D eigenvalue weighted by Crippen LogP contribution is 2.36. The second-order valence-corrected chi connectivity index (χ2v) is 10.7. The minimum atomic E-state index is -0.374. The lowest BCUT2D eigenvalue weighted by Gasteiger charge is -2.42. The first-order valence-electron chi connectivity index (χ1n) is 13.5. The molecular weight excluding hydrogens is 495 g/mol. The molecule has 2 aliphatic rings. The molecule has 1 aliphatic heterocycles. The summed E-state index contributed by atoms with van der Waals surface area (Å²) < 4.78 is 21.3. The van der Waals surface area contributed by atoms with Crippen molar-refractivity contribution in [2.75, 3.05) is 30.0 Å². The molecule has 1 aliphatic carbocycles. The van der Waals surface area contributed by atoms with Crippen LogP contribution >= 0.6 is 0 Å². The van der Waals surface area contributed by atoms with Gasteiger partial charge in [0.15, 0.2) is 0 Å². The van der Waals surface area contributed by atoms with Crippen molar-refractivity contribution in [3.05, 3.63) is 63.3 Å². The monoisotopic (exact) mass is 528 g/mol. The van der Waals surface area contributed by atoms with Gasteiger partial charge in [0.1, 0.15) is 34.7 Å². The van der Waals surface area contributed by atoms with Gasteiger partial charge in [0.2, 0.25) is 0 Å². The molecule has 0 amide bonds. The molecule has 2 aromatic heterocycles. The van der Waals surface area contributed by atoms with Crippen LogP contribution < -0.4 is 15.4 Å².